The van der Waals surface area contributed by atoms with Gasteiger partial charge >= 0.3 is 0 Å². The van der Waals surface area contributed by atoms with Crippen LogP contribution in [0.3, 0.4) is 0 Å². The molecule has 0 bridgehead atoms. The van der Waals surface area contributed by atoms with E-state index in [4.69, 9.17) is 0 Å². The van der Waals surface area contributed by atoms with E-state index in [-0.39, 0.29) is 29.6 Å². The number of hydrogen-bond donors (Lipinski definition) is 0. The van der Waals surface area contributed by atoms with Gasteiger partial charge in [-0.1, -0.05) is 6.07 Å². The number of benzene rings is 2. The van der Waals surface area contributed by atoms with E-state index in [0.29, 0.717) is 22.2 Å². The van der Waals surface area contributed by atoms with Gasteiger partial charge in [-0.05, 0) is 61.7 Å². The van der Waals surface area contributed by atoms with Crippen molar-refractivity contribution in [2.24, 2.45) is 5.92 Å². The average Bonchev–Trinajstić information content (AvgIpc) is 3.60. The Labute approximate surface area is 186 Å². The van der Waals surface area contributed by atoms with Crippen molar-refractivity contribution in [3.63, 3.8) is 0 Å². The van der Waals surface area contributed by atoms with Gasteiger partial charge in [0.1, 0.15) is 34.7 Å². The van der Waals surface area contributed by atoms with Crippen LogP contribution in [0.15, 0.2) is 53.3 Å². The number of aryl methyl sites for hydroxylation is 1. The molecule has 0 aliphatic heterocycles. The average molecular weight is 449 g/mol. The molecule has 5 rings (SSSR count). The first-order valence-corrected chi connectivity index (χ1v) is 10.5. The van der Waals surface area contributed by atoms with Gasteiger partial charge in [0, 0.05) is 22.9 Å². The fourth-order valence-corrected chi connectivity index (χ4v) is 3.96. The Morgan fingerprint density at radius 1 is 1.03 bits per heavy atom. The maximum Gasteiger partial charge on any atom is 0.256 e. The maximum atomic E-state index is 14.7. The Morgan fingerprint density at radius 3 is 2.42 bits per heavy atom. The molecule has 0 radical (unpaired) electrons. The second-order valence-electron chi connectivity index (χ2n) is 8.18. The van der Waals surface area contributed by atoms with Crippen molar-refractivity contribution >= 4 is 16.8 Å². The number of Topliss-reactive ketones (excluding diaryl/α,β-unsaturated/α-hetero) is 1. The molecule has 33 heavy (non-hydrogen) atoms. The molecule has 8 heteroatoms. The second-order valence-corrected chi connectivity index (χ2v) is 8.18. The van der Waals surface area contributed by atoms with Crippen LogP contribution in [0.5, 0.6) is 0 Å². The molecule has 0 saturated heterocycles. The van der Waals surface area contributed by atoms with E-state index in [1.165, 1.54) is 36.4 Å². The van der Waals surface area contributed by atoms with E-state index in [1.807, 2.05) is 0 Å². The molecule has 166 valence electrons. The minimum absolute atomic E-state index is 0.0289. The van der Waals surface area contributed by atoms with Crippen LogP contribution in [0.2, 0.25) is 0 Å². The summed E-state index contributed by atoms with van der Waals surface area (Å²) in [5.74, 6) is -2.23. The summed E-state index contributed by atoms with van der Waals surface area (Å²) in [6, 6.07) is 10.1. The Kier molecular flexibility index (Phi) is 5.08. The number of nitrogens with zero attached hydrogens (tertiary/aromatic N) is 3. The molecule has 4 aromatic rings. The van der Waals surface area contributed by atoms with Gasteiger partial charge in [-0.15, -0.1) is 0 Å². The van der Waals surface area contributed by atoms with Crippen molar-refractivity contribution < 1.29 is 18.0 Å². The molecule has 1 saturated carbocycles. The Hall–Kier alpha value is -3.81. The van der Waals surface area contributed by atoms with Crippen molar-refractivity contribution in [2.75, 3.05) is 0 Å². The normalized spacial score (nSPS) is 13.5. The monoisotopic (exact) mass is 449 g/mol. The molecule has 1 aliphatic carbocycles. The van der Waals surface area contributed by atoms with Crippen molar-refractivity contribution in [3.05, 3.63) is 87.7 Å². The van der Waals surface area contributed by atoms with Crippen LogP contribution in [0.25, 0.3) is 28.0 Å². The lowest BCUT2D eigenvalue weighted by atomic mass is 10.0. The molecule has 1 fully saturated rings. The highest BCUT2D eigenvalue weighted by atomic mass is 19.1. The number of hydrogen-bond acceptors (Lipinski definition) is 4. The fraction of sp³-hybridized carbons (Fsp3) is 0.200. The number of carbonyl (C=O) groups excluding carboxylic acids is 1. The minimum Gasteiger partial charge on any atom is -0.299 e. The van der Waals surface area contributed by atoms with Gasteiger partial charge < -0.3 is 0 Å². The number of pyridine rings is 1. The largest absolute Gasteiger partial charge is 0.299 e. The van der Waals surface area contributed by atoms with Crippen LogP contribution >= 0.6 is 0 Å². The highest BCUT2D eigenvalue weighted by Gasteiger charge is 2.30. The van der Waals surface area contributed by atoms with Crippen LogP contribution in [-0.2, 0) is 11.2 Å². The van der Waals surface area contributed by atoms with Crippen molar-refractivity contribution in [1.82, 2.24) is 14.5 Å². The summed E-state index contributed by atoms with van der Waals surface area (Å²) in [6.07, 6.45) is 1.54. The van der Waals surface area contributed by atoms with Gasteiger partial charge in [0.2, 0.25) is 0 Å². The van der Waals surface area contributed by atoms with Crippen LogP contribution < -0.4 is 5.56 Å². The third kappa shape index (κ3) is 3.82. The SMILES string of the molecule is Cc1cc(F)ccc1-c1nc(CC(=O)C2CC2)nc2c1ccc(=O)n2-c1c(F)cccc1F. The minimum atomic E-state index is -0.932. The summed E-state index contributed by atoms with van der Waals surface area (Å²) < 4.78 is 43.9. The van der Waals surface area contributed by atoms with Crippen LogP contribution in [0.1, 0.15) is 24.2 Å². The van der Waals surface area contributed by atoms with E-state index in [2.05, 4.69) is 9.97 Å². The summed E-state index contributed by atoms with van der Waals surface area (Å²) in [4.78, 5) is 34.2. The van der Waals surface area contributed by atoms with Crippen molar-refractivity contribution in [2.45, 2.75) is 26.2 Å². The van der Waals surface area contributed by atoms with E-state index in [0.717, 1.165) is 29.5 Å². The number of para-hydroxylation sites is 1. The maximum absolute atomic E-state index is 14.7. The molecule has 1 aliphatic rings. The predicted octanol–water partition coefficient (Wildman–Crippen LogP) is 4.70. The van der Waals surface area contributed by atoms with E-state index >= 15 is 0 Å². The number of carbonyl (C=O) groups is 1. The summed E-state index contributed by atoms with van der Waals surface area (Å²) in [6.45, 7) is 1.70. The number of rotatable bonds is 5. The van der Waals surface area contributed by atoms with E-state index < -0.39 is 28.7 Å². The summed E-state index contributed by atoms with van der Waals surface area (Å²) >= 11 is 0. The molecular formula is C25H18F3N3O2. The van der Waals surface area contributed by atoms with Crippen molar-refractivity contribution in [3.8, 4) is 16.9 Å². The first kappa shape index (κ1) is 21.1. The van der Waals surface area contributed by atoms with Gasteiger partial charge in [0.05, 0.1) is 12.1 Å². The molecule has 2 heterocycles. The molecular weight excluding hydrogens is 431 g/mol. The molecule has 0 spiro atoms. The fourth-order valence-electron chi connectivity index (χ4n) is 3.96. The molecule has 0 N–H and O–H groups in total. The second kappa shape index (κ2) is 7.95. The lowest BCUT2D eigenvalue weighted by Crippen LogP contribution is -2.22. The quantitative estimate of drug-likeness (QED) is 0.443. The number of ketones is 1. The molecule has 0 unspecified atom stereocenters. The lowest BCUT2D eigenvalue weighted by molar-refractivity contribution is -0.119. The molecule has 2 aromatic heterocycles. The smallest absolute Gasteiger partial charge is 0.256 e. The van der Waals surface area contributed by atoms with Crippen LogP contribution in [-0.4, -0.2) is 20.3 Å². The predicted molar refractivity (Wildman–Crippen MR) is 117 cm³/mol. The van der Waals surface area contributed by atoms with E-state index in [9.17, 15) is 22.8 Å². The van der Waals surface area contributed by atoms with Gasteiger partial charge in [-0.25, -0.2) is 23.1 Å². The first-order valence-electron chi connectivity index (χ1n) is 10.5. The van der Waals surface area contributed by atoms with Crippen LogP contribution in [0.4, 0.5) is 13.2 Å². The number of halogens is 3. The van der Waals surface area contributed by atoms with Gasteiger partial charge in [-0.3, -0.25) is 14.2 Å². The Bertz CT molecular complexity index is 1470. The molecule has 5 nitrogen and oxygen atoms in total. The highest BCUT2D eigenvalue weighted by molar-refractivity contribution is 5.93. The molecule has 2 aromatic carbocycles. The van der Waals surface area contributed by atoms with Gasteiger partial charge in [0.25, 0.3) is 5.56 Å². The number of fused-ring (bicyclic) bond motifs is 1. The molecule has 0 atom stereocenters. The standard InChI is InChI=1S/C25H18F3N3O2/c1-13-11-15(26)7-8-16(13)23-17-9-10-22(33)31(24-18(27)3-2-4-19(24)28)25(17)30-21(29-23)12-20(32)14-5-6-14/h2-4,7-11,14H,5-6,12H2,1H3. The zero-order valence-corrected chi connectivity index (χ0v) is 17.6. The Morgan fingerprint density at radius 2 is 1.76 bits per heavy atom. The van der Waals surface area contributed by atoms with Crippen molar-refractivity contribution in [1.29, 1.82) is 0 Å². The summed E-state index contributed by atoms with van der Waals surface area (Å²) in [7, 11) is 0. The summed E-state index contributed by atoms with van der Waals surface area (Å²) in [5, 5.41) is 0.342. The van der Waals surface area contributed by atoms with E-state index in [1.54, 1.807) is 6.92 Å². The summed E-state index contributed by atoms with van der Waals surface area (Å²) in [5.41, 5.74) is 0.201. The number of aromatic nitrogens is 3. The highest BCUT2D eigenvalue weighted by Crippen LogP contribution is 2.33. The topological polar surface area (TPSA) is 64.8 Å². The third-order valence-corrected chi connectivity index (χ3v) is 5.77. The Balaban J connectivity index is 1.84. The zero-order chi connectivity index (χ0) is 23.3. The molecule has 0 amide bonds. The lowest BCUT2D eigenvalue weighted by Gasteiger charge is -2.15. The van der Waals surface area contributed by atoms with Gasteiger partial charge in [-0.2, -0.15) is 0 Å². The third-order valence-electron chi connectivity index (χ3n) is 5.77. The first-order chi connectivity index (χ1) is 15.8. The zero-order valence-electron chi connectivity index (χ0n) is 17.6. The van der Waals surface area contributed by atoms with Crippen LogP contribution in [0, 0.1) is 30.3 Å². The van der Waals surface area contributed by atoms with Gasteiger partial charge in [0.15, 0.2) is 5.65 Å².